The van der Waals surface area contributed by atoms with E-state index in [1.807, 2.05) is 6.07 Å². The van der Waals surface area contributed by atoms with Gasteiger partial charge in [0.05, 0.1) is 29.9 Å². The van der Waals surface area contributed by atoms with E-state index in [2.05, 4.69) is 20.6 Å². The summed E-state index contributed by atoms with van der Waals surface area (Å²) in [6.45, 7) is 0.405. The molecule has 7 nitrogen and oxygen atoms in total. The predicted octanol–water partition coefficient (Wildman–Crippen LogP) is 3.11. The molecular weight excluding hydrogens is 385 g/mol. The number of carbonyl (C=O) groups excluding carboxylic acids is 1. The Morgan fingerprint density at radius 3 is 2.96 bits per heavy atom. The van der Waals surface area contributed by atoms with Gasteiger partial charge in [0.2, 0.25) is 5.91 Å². The summed E-state index contributed by atoms with van der Waals surface area (Å²) in [4.78, 5) is 19.5. The van der Waals surface area contributed by atoms with E-state index in [1.165, 1.54) is 6.33 Å². The van der Waals surface area contributed by atoms with Gasteiger partial charge < -0.3 is 21.1 Å². The van der Waals surface area contributed by atoms with Gasteiger partial charge in [0, 0.05) is 23.6 Å². The molecule has 1 amide bonds. The van der Waals surface area contributed by atoms with Crippen LogP contribution in [0.25, 0.3) is 10.9 Å². The third-order valence-electron chi connectivity index (χ3n) is 4.35. The lowest BCUT2D eigenvalue weighted by atomic mass is 10.1. The molecular formula is C19H21ClFN5O2. The number of fused-ring (bicyclic) bond motifs is 1. The molecule has 1 heterocycles. The quantitative estimate of drug-likeness (QED) is 0.654. The predicted molar refractivity (Wildman–Crippen MR) is 107 cm³/mol. The number of benzene rings is 1. The van der Waals surface area contributed by atoms with Crippen LogP contribution in [0.5, 0.6) is 5.75 Å². The second-order valence-electron chi connectivity index (χ2n) is 6.34. The molecule has 0 radical (unpaired) electrons. The van der Waals surface area contributed by atoms with Gasteiger partial charge in [-0.05, 0) is 25.3 Å². The average molecular weight is 406 g/mol. The first-order chi connectivity index (χ1) is 13.5. The number of aromatic nitrogens is 2. The van der Waals surface area contributed by atoms with Crippen LogP contribution in [0.2, 0.25) is 0 Å². The van der Waals surface area contributed by atoms with Gasteiger partial charge in [-0.25, -0.2) is 14.4 Å². The van der Waals surface area contributed by atoms with Crippen molar-refractivity contribution in [2.24, 2.45) is 5.73 Å². The Bertz CT molecular complexity index is 961. The molecule has 0 atom stereocenters. The molecule has 4 N–H and O–H groups in total. The zero-order valence-electron chi connectivity index (χ0n) is 15.4. The van der Waals surface area contributed by atoms with Crippen molar-refractivity contribution in [3.05, 3.63) is 46.7 Å². The third-order valence-corrected chi connectivity index (χ3v) is 4.67. The molecule has 0 unspecified atom stereocenters. The SMILES string of the molecule is COc1cc2ncnc(NC3=C(F)C(Cl)=CCCC3)c2cc1CNCC(N)=O. The number of methoxy groups -OCH3 is 1. The summed E-state index contributed by atoms with van der Waals surface area (Å²) in [6.07, 6.45) is 5.10. The highest BCUT2D eigenvalue weighted by Gasteiger charge is 2.16. The summed E-state index contributed by atoms with van der Waals surface area (Å²) in [5, 5.41) is 6.83. The van der Waals surface area contributed by atoms with Crippen LogP contribution in [-0.4, -0.2) is 29.5 Å². The van der Waals surface area contributed by atoms with E-state index in [9.17, 15) is 9.18 Å². The molecule has 0 fully saturated rings. The fraction of sp³-hybridized carbons (Fsp3) is 0.316. The average Bonchev–Trinajstić information content (AvgIpc) is 2.83. The number of nitrogens with two attached hydrogens (primary N) is 1. The molecule has 0 bridgehead atoms. The van der Waals surface area contributed by atoms with Crippen LogP contribution in [0.15, 0.2) is 41.1 Å². The largest absolute Gasteiger partial charge is 0.496 e. The van der Waals surface area contributed by atoms with Gasteiger partial charge in [-0.15, -0.1) is 0 Å². The Balaban J connectivity index is 1.97. The van der Waals surface area contributed by atoms with Crippen molar-refractivity contribution >= 4 is 34.2 Å². The first-order valence-corrected chi connectivity index (χ1v) is 9.19. The molecule has 3 rings (SSSR count). The van der Waals surface area contributed by atoms with E-state index in [1.54, 1.807) is 19.3 Å². The zero-order chi connectivity index (χ0) is 20.1. The minimum absolute atomic E-state index is 0.0422. The van der Waals surface area contributed by atoms with Gasteiger partial charge in [-0.2, -0.15) is 0 Å². The monoisotopic (exact) mass is 405 g/mol. The van der Waals surface area contributed by atoms with Gasteiger partial charge >= 0.3 is 0 Å². The van der Waals surface area contributed by atoms with E-state index in [4.69, 9.17) is 22.1 Å². The number of primary amides is 1. The highest BCUT2D eigenvalue weighted by atomic mass is 35.5. The second-order valence-corrected chi connectivity index (χ2v) is 6.74. The number of allylic oxidation sites excluding steroid dienone is 4. The number of nitrogens with one attached hydrogen (secondary N) is 2. The summed E-state index contributed by atoms with van der Waals surface area (Å²) < 4.78 is 19.9. The van der Waals surface area contributed by atoms with Crippen molar-refractivity contribution < 1.29 is 13.9 Å². The summed E-state index contributed by atoms with van der Waals surface area (Å²) in [5.41, 5.74) is 6.99. The topological polar surface area (TPSA) is 102 Å². The van der Waals surface area contributed by atoms with Crippen LogP contribution in [-0.2, 0) is 11.3 Å². The smallest absolute Gasteiger partial charge is 0.231 e. The van der Waals surface area contributed by atoms with Gasteiger partial charge in [0.1, 0.15) is 17.9 Å². The van der Waals surface area contributed by atoms with Crippen LogP contribution in [0, 0.1) is 0 Å². The molecule has 28 heavy (non-hydrogen) atoms. The summed E-state index contributed by atoms with van der Waals surface area (Å²) in [6, 6.07) is 3.62. The zero-order valence-corrected chi connectivity index (χ0v) is 16.1. The van der Waals surface area contributed by atoms with Crippen molar-refractivity contribution in [3.63, 3.8) is 0 Å². The number of hydrogen-bond acceptors (Lipinski definition) is 6. The fourth-order valence-corrected chi connectivity index (χ4v) is 3.21. The molecule has 9 heteroatoms. The number of anilines is 1. The Morgan fingerprint density at radius 1 is 1.39 bits per heavy atom. The lowest BCUT2D eigenvalue weighted by Crippen LogP contribution is -2.28. The molecule has 1 aliphatic carbocycles. The van der Waals surface area contributed by atoms with Crippen molar-refractivity contribution in [2.75, 3.05) is 19.0 Å². The van der Waals surface area contributed by atoms with Crippen LogP contribution < -0.4 is 21.1 Å². The number of hydrogen-bond donors (Lipinski definition) is 3. The minimum Gasteiger partial charge on any atom is -0.496 e. The number of amides is 1. The molecule has 148 valence electrons. The van der Waals surface area contributed by atoms with Gasteiger partial charge in [-0.1, -0.05) is 17.7 Å². The van der Waals surface area contributed by atoms with E-state index < -0.39 is 11.7 Å². The molecule has 0 saturated heterocycles. The second kappa shape index (κ2) is 8.99. The molecule has 1 aliphatic rings. The highest BCUT2D eigenvalue weighted by molar-refractivity contribution is 6.31. The van der Waals surface area contributed by atoms with E-state index >= 15 is 0 Å². The van der Waals surface area contributed by atoms with Crippen LogP contribution in [0.4, 0.5) is 10.2 Å². The highest BCUT2D eigenvalue weighted by Crippen LogP contribution is 2.32. The third kappa shape index (κ3) is 4.58. The van der Waals surface area contributed by atoms with E-state index in [0.717, 1.165) is 18.4 Å². The first-order valence-electron chi connectivity index (χ1n) is 8.82. The van der Waals surface area contributed by atoms with Crippen molar-refractivity contribution in [1.29, 1.82) is 0 Å². The number of rotatable bonds is 7. The van der Waals surface area contributed by atoms with Crippen molar-refractivity contribution in [2.45, 2.75) is 25.8 Å². The minimum atomic E-state index is -0.470. The maximum Gasteiger partial charge on any atom is 0.231 e. The maximum atomic E-state index is 14.5. The van der Waals surface area contributed by atoms with E-state index in [-0.39, 0.29) is 11.6 Å². The molecule has 1 aromatic heterocycles. The standard InChI is InChI=1S/C19H21ClFN5O2/c1-28-16-7-15-12(6-11(16)8-23-9-17(22)27)19(25-10-24-15)26-14-5-3-2-4-13(20)18(14)21/h4,6-7,10,23H,2-3,5,8-9H2,1H3,(H2,22,27)(H,24,25,26). The lowest BCUT2D eigenvalue weighted by molar-refractivity contribution is -0.117. The molecule has 2 aromatic rings. The molecule has 1 aromatic carbocycles. The lowest BCUT2D eigenvalue weighted by Gasteiger charge is -2.15. The van der Waals surface area contributed by atoms with Crippen molar-refractivity contribution in [3.8, 4) is 5.75 Å². The maximum absolute atomic E-state index is 14.5. The van der Waals surface area contributed by atoms with Gasteiger partial charge in [-0.3, -0.25) is 4.79 Å². The van der Waals surface area contributed by atoms with Gasteiger partial charge in [0.25, 0.3) is 0 Å². The Kier molecular flexibility index (Phi) is 6.43. The van der Waals surface area contributed by atoms with Crippen LogP contribution >= 0.6 is 11.6 Å². The summed E-state index contributed by atoms with van der Waals surface area (Å²) in [5.74, 6) is 0.161. The number of halogens is 2. The molecule has 0 saturated carbocycles. The number of carbonyl (C=O) groups is 1. The Morgan fingerprint density at radius 2 is 2.21 bits per heavy atom. The van der Waals surface area contributed by atoms with Crippen LogP contribution in [0.3, 0.4) is 0 Å². The Labute approximate surface area is 166 Å². The van der Waals surface area contributed by atoms with Gasteiger partial charge in [0.15, 0.2) is 5.83 Å². The first kappa shape index (κ1) is 20.0. The molecule has 0 aliphatic heterocycles. The Hall–Kier alpha value is -2.71. The van der Waals surface area contributed by atoms with E-state index in [0.29, 0.717) is 41.1 Å². The number of ether oxygens (including phenoxy) is 1. The van der Waals surface area contributed by atoms with Crippen LogP contribution in [0.1, 0.15) is 24.8 Å². The fourth-order valence-electron chi connectivity index (χ4n) is 2.99. The summed E-state index contributed by atoms with van der Waals surface area (Å²) in [7, 11) is 1.55. The number of nitrogens with zero attached hydrogens (tertiary/aromatic N) is 2. The normalized spacial score (nSPS) is 14.6. The van der Waals surface area contributed by atoms with Crippen molar-refractivity contribution in [1.82, 2.24) is 15.3 Å². The molecule has 0 spiro atoms. The summed E-state index contributed by atoms with van der Waals surface area (Å²) >= 11 is 5.99.